The monoisotopic (exact) mass is 324 g/mol. The number of amides is 1. The first-order valence-corrected chi connectivity index (χ1v) is 8.02. The maximum atomic E-state index is 11.8. The van der Waals surface area contributed by atoms with E-state index in [0.29, 0.717) is 30.2 Å². The van der Waals surface area contributed by atoms with Crippen LogP contribution in [0.1, 0.15) is 41.4 Å². The van der Waals surface area contributed by atoms with Crippen molar-refractivity contribution in [3.8, 4) is 0 Å². The Morgan fingerprint density at radius 1 is 1.29 bits per heavy atom. The summed E-state index contributed by atoms with van der Waals surface area (Å²) in [6.45, 7) is 4.68. The van der Waals surface area contributed by atoms with Crippen molar-refractivity contribution < 1.29 is 9.59 Å². The second-order valence-corrected chi connectivity index (χ2v) is 5.92. The molecule has 0 bridgehead atoms. The highest BCUT2D eigenvalue weighted by atomic mass is 16.2. The summed E-state index contributed by atoms with van der Waals surface area (Å²) in [6.07, 6.45) is 3.11. The summed E-state index contributed by atoms with van der Waals surface area (Å²) in [5, 5.41) is 3.15. The summed E-state index contributed by atoms with van der Waals surface area (Å²) in [5.74, 6) is 0.651. The Morgan fingerprint density at radius 3 is 2.62 bits per heavy atom. The fraction of sp³-hybridized carbons (Fsp3) is 0.333. The van der Waals surface area contributed by atoms with Gasteiger partial charge in [-0.3, -0.25) is 9.59 Å². The van der Waals surface area contributed by atoms with Gasteiger partial charge in [-0.25, -0.2) is 9.97 Å². The van der Waals surface area contributed by atoms with Gasteiger partial charge in [-0.05, 0) is 38.0 Å². The summed E-state index contributed by atoms with van der Waals surface area (Å²) in [5.41, 5.74) is 3.23. The third-order valence-corrected chi connectivity index (χ3v) is 4.13. The van der Waals surface area contributed by atoms with E-state index in [1.807, 2.05) is 29.2 Å². The summed E-state index contributed by atoms with van der Waals surface area (Å²) in [4.78, 5) is 33.4. The Kier molecular flexibility index (Phi) is 4.55. The fourth-order valence-electron chi connectivity index (χ4n) is 2.79. The molecule has 1 amide bonds. The Labute approximate surface area is 140 Å². The largest absolute Gasteiger partial charge is 0.350 e. The normalized spacial score (nSPS) is 14.1. The van der Waals surface area contributed by atoms with Crippen molar-refractivity contribution in [3.63, 3.8) is 0 Å². The number of carbonyl (C=O) groups is 2. The molecule has 1 fully saturated rings. The van der Waals surface area contributed by atoms with Gasteiger partial charge in [0.1, 0.15) is 0 Å². The van der Waals surface area contributed by atoms with E-state index in [-0.39, 0.29) is 11.7 Å². The number of ketones is 1. The molecule has 6 nitrogen and oxygen atoms in total. The van der Waals surface area contributed by atoms with E-state index < -0.39 is 0 Å². The average molecular weight is 324 g/mol. The second kappa shape index (κ2) is 6.78. The summed E-state index contributed by atoms with van der Waals surface area (Å²) >= 11 is 0. The number of benzene rings is 1. The molecule has 2 heterocycles. The van der Waals surface area contributed by atoms with Crippen molar-refractivity contribution in [2.45, 2.75) is 33.2 Å². The van der Waals surface area contributed by atoms with Gasteiger partial charge in [0.05, 0.1) is 11.3 Å². The molecule has 1 N–H and O–H groups in total. The second-order valence-electron chi connectivity index (χ2n) is 5.92. The van der Waals surface area contributed by atoms with Crippen LogP contribution in [0.2, 0.25) is 0 Å². The first-order valence-electron chi connectivity index (χ1n) is 8.02. The molecule has 0 aliphatic carbocycles. The molecule has 1 aromatic heterocycles. The van der Waals surface area contributed by atoms with Crippen molar-refractivity contribution >= 4 is 23.3 Å². The lowest BCUT2D eigenvalue weighted by Gasteiger charge is -2.16. The van der Waals surface area contributed by atoms with Crippen molar-refractivity contribution in [2.24, 2.45) is 0 Å². The maximum Gasteiger partial charge on any atom is 0.227 e. The number of nitrogens with one attached hydrogen (secondary N) is 1. The van der Waals surface area contributed by atoms with Crippen LogP contribution in [-0.4, -0.2) is 28.2 Å². The van der Waals surface area contributed by atoms with Crippen LogP contribution in [0.5, 0.6) is 0 Å². The van der Waals surface area contributed by atoms with Gasteiger partial charge in [0.15, 0.2) is 5.78 Å². The predicted molar refractivity (Wildman–Crippen MR) is 92.1 cm³/mol. The van der Waals surface area contributed by atoms with Gasteiger partial charge in [-0.15, -0.1) is 0 Å². The summed E-state index contributed by atoms with van der Waals surface area (Å²) in [6, 6.07) is 7.91. The number of hydrogen-bond acceptors (Lipinski definition) is 5. The number of aryl methyl sites for hydroxylation is 1. The molecule has 0 atom stereocenters. The van der Waals surface area contributed by atoms with Gasteiger partial charge in [0, 0.05) is 31.4 Å². The van der Waals surface area contributed by atoms with Crippen LogP contribution in [-0.2, 0) is 11.3 Å². The molecule has 3 rings (SSSR count). The molecule has 0 saturated carbocycles. The predicted octanol–water partition coefficient (Wildman–Crippen LogP) is 2.73. The number of nitrogens with zero attached hydrogens (tertiary/aromatic N) is 3. The number of hydrogen-bond donors (Lipinski definition) is 1. The number of Topliss-reactive ketones (excluding diaryl/α,β-unsaturated/α-hetero) is 1. The van der Waals surface area contributed by atoms with Crippen LogP contribution in [0.4, 0.5) is 11.6 Å². The number of rotatable bonds is 5. The molecule has 24 heavy (non-hydrogen) atoms. The van der Waals surface area contributed by atoms with E-state index in [0.717, 1.165) is 24.2 Å². The number of carbonyl (C=O) groups excluding carboxylic acids is 2. The third kappa shape index (κ3) is 3.42. The number of anilines is 2. The molecule has 2 aromatic rings. The van der Waals surface area contributed by atoms with Crippen molar-refractivity contribution in [1.82, 2.24) is 9.97 Å². The quantitative estimate of drug-likeness (QED) is 0.856. The van der Waals surface area contributed by atoms with Gasteiger partial charge in [0.25, 0.3) is 0 Å². The Hall–Kier alpha value is -2.76. The van der Waals surface area contributed by atoms with Crippen molar-refractivity contribution in [2.75, 3.05) is 16.8 Å². The van der Waals surface area contributed by atoms with Crippen LogP contribution in [0.3, 0.4) is 0 Å². The SMILES string of the molecule is CC(=O)c1cnc(NCc2ccc(N3CCCC3=O)cc2)nc1C. The van der Waals surface area contributed by atoms with E-state index in [4.69, 9.17) is 0 Å². The Balaban J connectivity index is 1.63. The molecule has 1 saturated heterocycles. The number of aromatic nitrogens is 2. The molecule has 0 spiro atoms. The fourth-order valence-corrected chi connectivity index (χ4v) is 2.79. The third-order valence-electron chi connectivity index (χ3n) is 4.13. The highest BCUT2D eigenvalue weighted by molar-refractivity contribution is 5.95. The van der Waals surface area contributed by atoms with Crippen molar-refractivity contribution in [3.05, 3.63) is 47.3 Å². The first-order chi connectivity index (χ1) is 11.5. The average Bonchev–Trinajstić information content (AvgIpc) is 2.99. The highest BCUT2D eigenvalue weighted by Crippen LogP contribution is 2.21. The van der Waals surface area contributed by atoms with Crippen LogP contribution < -0.4 is 10.2 Å². The molecule has 0 radical (unpaired) electrons. The first kappa shape index (κ1) is 16.1. The molecular weight excluding hydrogens is 304 g/mol. The molecule has 6 heteroatoms. The van der Waals surface area contributed by atoms with Crippen LogP contribution >= 0.6 is 0 Å². The van der Waals surface area contributed by atoms with Gasteiger partial charge in [0.2, 0.25) is 11.9 Å². The zero-order valence-electron chi connectivity index (χ0n) is 13.9. The lowest BCUT2D eigenvalue weighted by atomic mass is 10.2. The molecule has 1 aliphatic heterocycles. The van der Waals surface area contributed by atoms with Crippen LogP contribution in [0.15, 0.2) is 30.5 Å². The van der Waals surface area contributed by atoms with Crippen LogP contribution in [0.25, 0.3) is 0 Å². The lowest BCUT2D eigenvalue weighted by Crippen LogP contribution is -2.23. The van der Waals surface area contributed by atoms with E-state index in [9.17, 15) is 9.59 Å². The molecule has 1 aromatic carbocycles. The smallest absolute Gasteiger partial charge is 0.227 e. The van der Waals surface area contributed by atoms with E-state index in [1.165, 1.54) is 6.92 Å². The topological polar surface area (TPSA) is 75.2 Å². The van der Waals surface area contributed by atoms with E-state index in [1.54, 1.807) is 13.1 Å². The summed E-state index contributed by atoms with van der Waals surface area (Å²) in [7, 11) is 0. The minimum absolute atomic E-state index is 0.0360. The minimum atomic E-state index is -0.0360. The van der Waals surface area contributed by atoms with Crippen LogP contribution in [0, 0.1) is 6.92 Å². The standard InChI is InChI=1S/C18H20N4O2/c1-12-16(13(2)23)11-20-18(21-12)19-10-14-5-7-15(8-6-14)22-9-3-4-17(22)24/h5-8,11H,3-4,9-10H2,1-2H3,(H,19,20,21). The Bertz CT molecular complexity index is 771. The molecule has 124 valence electrons. The Morgan fingerprint density at radius 2 is 2.04 bits per heavy atom. The zero-order chi connectivity index (χ0) is 17.1. The molecule has 1 aliphatic rings. The zero-order valence-corrected chi connectivity index (χ0v) is 13.9. The molecular formula is C18H20N4O2. The van der Waals surface area contributed by atoms with E-state index >= 15 is 0 Å². The molecule has 0 unspecified atom stereocenters. The summed E-state index contributed by atoms with van der Waals surface area (Å²) < 4.78 is 0. The van der Waals surface area contributed by atoms with Gasteiger partial charge >= 0.3 is 0 Å². The van der Waals surface area contributed by atoms with Gasteiger partial charge < -0.3 is 10.2 Å². The lowest BCUT2D eigenvalue weighted by molar-refractivity contribution is -0.117. The van der Waals surface area contributed by atoms with Gasteiger partial charge in [-0.2, -0.15) is 0 Å². The highest BCUT2D eigenvalue weighted by Gasteiger charge is 2.21. The van der Waals surface area contributed by atoms with Crippen molar-refractivity contribution in [1.29, 1.82) is 0 Å². The van der Waals surface area contributed by atoms with E-state index in [2.05, 4.69) is 15.3 Å². The minimum Gasteiger partial charge on any atom is -0.350 e. The van der Waals surface area contributed by atoms with Gasteiger partial charge in [-0.1, -0.05) is 12.1 Å². The maximum absolute atomic E-state index is 11.8.